The predicted octanol–water partition coefficient (Wildman–Crippen LogP) is 2.75. The van der Waals surface area contributed by atoms with Gasteiger partial charge in [-0.25, -0.2) is 0 Å². The number of hydrogen-bond acceptors (Lipinski definition) is 3. The van der Waals surface area contributed by atoms with E-state index in [1.54, 1.807) is 4.57 Å². The van der Waals surface area contributed by atoms with Gasteiger partial charge in [-0.05, 0) is 18.9 Å². The number of aryl methyl sites for hydroxylation is 1. The number of nitrogens with zero attached hydrogens (tertiary/aromatic N) is 1. The van der Waals surface area contributed by atoms with Gasteiger partial charge in [0.25, 0.3) is 0 Å². The number of rotatable bonds is 5. The van der Waals surface area contributed by atoms with Crippen molar-refractivity contribution < 1.29 is 9.90 Å². The lowest BCUT2D eigenvalue weighted by Crippen LogP contribution is -2.15. The van der Waals surface area contributed by atoms with Crippen LogP contribution in [0.5, 0.6) is 0 Å². The normalized spacial score (nSPS) is 10.6. The molecule has 0 aliphatic heterocycles. The summed E-state index contributed by atoms with van der Waals surface area (Å²) < 4.78 is 1.65. The highest BCUT2D eigenvalue weighted by atomic mass is 32.1. The fourth-order valence-corrected chi connectivity index (χ4v) is 2.67. The molecule has 0 radical (unpaired) electrons. The van der Waals surface area contributed by atoms with Gasteiger partial charge in [-0.2, -0.15) is 0 Å². The van der Waals surface area contributed by atoms with Gasteiger partial charge in [-0.1, -0.05) is 41.2 Å². The second kappa shape index (κ2) is 5.84. The minimum absolute atomic E-state index is 0.0408. The van der Waals surface area contributed by atoms with Crippen LogP contribution in [0, 0.1) is 6.92 Å². The second-order valence-corrected chi connectivity index (χ2v) is 5.22. The Morgan fingerprint density at radius 3 is 2.63 bits per heavy atom. The minimum Gasteiger partial charge on any atom is -0.481 e. The van der Waals surface area contributed by atoms with Crippen LogP contribution in [-0.4, -0.2) is 15.6 Å². The van der Waals surface area contributed by atoms with E-state index < -0.39 is 5.97 Å². The molecule has 19 heavy (non-hydrogen) atoms. The van der Waals surface area contributed by atoms with Gasteiger partial charge in [0, 0.05) is 18.3 Å². The highest BCUT2D eigenvalue weighted by molar-refractivity contribution is 7.07. The summed E-state index contributed by atoms with van der Waals surface area (Å²) >= 11 is 1.15. The number of thiazole rings is 1. The molecule has 1 aromatic heterocycles. The van der Waals surface area contributed by atoms with Crippen LogP contribution in [-0.2, 0) is 11.3 Å². The summed E-state index contributed by atoms with van der Waals surface area (Å²) in [6.07, 6.45) is 0.542. The number of benzene rings is 1. The number of hydrogen-bond donors (Lipinski definition) is 1. The first kappa shape index (κ1) is 13.5. The van der Waals surface area contributed by atoms with Gasteiger partial charge in [0.2, 0.25) is 0 Å². The number of aromatic nitrogens is 1. The summed E-state index contributed by atoms with van der Waals surface area (Å²) in [4.78, 5) is 22.3. The van der Waals surface area contributed by atoms with Crippen molar-refractivity contribution in [2.24, 2.45) is 0 Å². The summed E-state index contributed by atoms with van der Waals surface area (Å²) in [6, 6.07) is 7.95. The fourth-order valence-electron chi connectivity index (χ4n) is 1.88. The Kier molecular flexibility index (Phi) is 4.16. The summed E-state index contributed by atoms with van der Waals surface area (Å²) in [6.45, 7) is 2.45. The molecule has 1 N–H and O–H groups in total. The first-order chi connectivity index (χ1) is 9.08. The maximum absolute atomic E-state index is 11.8. The Hall–Kier alpha value is -1.88. The molecule has 0 atom stereocenters. The minimum atomic E-state index is -0.833. The molecule has 2 rings (SSSR count). The lowest BCUT2D eigenvalue weighted by atomic mass is 10.1. The molecule has 0 spiro atoms. The second-order valence-electron chi connectivity index (χ2n) is 4.40. The zero-order valence-electron chi connectivity index (χ0n) is 10.6. The monoisotopic (exact) mass is 277 g/mol. The largest absolute Gasteiger partial charge is 0.481 e. The summed E-state index contributed by atoms with van der Waals surface area (Å²) in [7, 11) is 0. The molecular formula is C14H15NO3S. The van der Waals surface area contributed by atoms with Crippen molar-refractivity contribution >= 4 is 17.3 Å². The number of carboxylic acid groups (broad SMARTS) is 1. The Balaban J connectivity index is 2.24. The molecule has 0 saturated heterocycles. The SMILES string of the molecule is Cc1ccc(-c2csc(=O)n2CCCC(=O)O)cc1. The van der Waals surface area contributed by atoms with Crippen LogP contribution in [0.1, 0.15) is 18.4 Å². The molecule has 0 fully saturated rings. The zero-order chi connectivity index (χ0) is 13.8. The van der Waals surface area contributed by atoms with Gasteiger partial charge < -0.3 is 5.11 Å². The van der Waals surface area contributed by atoms with Crippen molar-refractivity contribution in [3.05, 3.63) is 44.9 Å². The molecule has 0 unspecified atom stereocenters. The lowest BCUT2D eigenvalue weighted by Gasteiger charge is -2.07. The first-order valence-electron chi connectivity index (χ1n) is 6.05. The molecule has 5 heteroatoms. The number of aliphatic carboxylic acids is 1. The van der Waals surface area contributed by atoms with E-state index in [0.29, 0.717) is 13.0 Å². The highest BCUT2D eigenvalue weighted by Crippen LogP contribution is 2.20. The molecule has 0 saturated carbocycles. The van der Waals surface area contributed by atoms with Crippen LogP contribution in [0.15, 0.2) is 34.4 Å². The van der Waals surface area contributed by atoms with Crippen molar-refractivity contribution in [2.45, 2.75) is 26.3 Å². The van der Waals surface area contributed by atoms with E-state index >= 15 is 0 Å². The Labute approximate surface area is 115 Å². The Morgan fingerprint density at radius 2 is 2.00 bits per heavy atom. The van der Waals surface area contributed by atoms with Gasteiger partial charge >= 0.3 is 10.8 Å². The van der Waals surface area contributed by atoms with Crippen molar-refractivity contribution in [1.82, 2.24) is 4.57 Å². The van der Waals surface area contributed by atoms with Crippen molar-refractivity contribution in [1.29, 1.82) is 0 Å². The third-order valence-electron chi connectivity index (χ3n) is 2.90. The average Bonchev–Trinajstić information content (AvgIpc) is 2.72. The molecule has 1 aromatic carbocycles. The van der Waals surface area contributed by atoms with E-state index in [0.717, 1.165) is 22.6 Å². The Morgan fingerprint density at radius 1 is 1.32 bits per heavy atom. The van der Waals surface area contributed by atoms with E-state index in [1.807, 2.05) is 36.6 Å². The number of carboxylic acids is 1. The third kappa shape index (κ3) is 3.32. The van der Waals surface area contributed by atoms with Crippen LogP contribution in [0.25, 0.3) is 11.3 Å². The molecule has 4 nitrogen and oxygen atoms in total. The fraction of sp³-hybridized carbons (Fsp3) is 0.286. The maximum Gasteiger partial charge on any atom is 0.307 e. The molecule has 1 heterocycles. The van der Waals surface area contributed by atoms with Crippen LogP contribution >= 0.6 is 11.3 Å². The van der Waals surface area contributed by atoms with E-state index in [-0.39, 0.29) is 11.3 Å². The van der Waals surface area contributed by atoms with Gasteiger partial charge in [0.15, 0.2) is 0 Å². The molecule has 0 amide bonds. The lowest BCUT2D eigenvalue weighted by molar-refractivity contribution is -0.137. The van der Waals surface area contributed by atoms with Crippen LogP contribution < -0.4 is 4.87 Å². The molecule has 0 aliphatic rings. The maximum atomic E-state index is 11.8. The average molecular weight is 277 g/mol. The van der Waals surface area contributed by atoms with E-state index in [9.17, 15) is 9.59 Å². The molecular weight excluding hydrogens is 262 g/mol. The predicted molar refractivity (Wildman–Crippen MR) is 75.6 cm³/mol. The first-order valence-corrected chi connectivity index (χ1v) is 6.93. The topological polar surface area (TPSA) is 59.3 Å². The Bertz CT molecular complexity index is 625. The summed E-state index contributed by atoms with van der Waals surface area (Å²) in [5.74, 6) is -0.833. The van der Waals surface area contributed by atoms with E-state index in [1.165, 1.54) is 5.56 Å². The highest BCUT2D eigenvalue weighted by Gasteiger charge is 2.09. The van der Waals surface area contributed by atoms with Gasteiger partial charge in [-0.3, -0.25) is 14.2 Å². The van der Waals surface area contributed by atoms with Gasteiger partial charge in [-0.15, -0.1) is 0 Å². The summed E-state index contributed by atoms with van der Waals surface area (Å²) in [5, 5.41) is 10.5. The quantitative estimate of drug-likeness (QED) is 0.914. The van der Waals surface area contributed by atoms with Crippen LogP contribution in [0.3, 0.4) is 0 Å². The number of carbonyl (C=O) groups is 1. The van der Waals surface area contributed by atoms with Crippen molar-refractivity contribution in [2.75, 3.05) is 0 Å². The van der Waals surface area contributed by atoms with E-state index in [2.05, 4.69) is 0 Å². The van der Waals surface area contributed by atoms with Gasteiger partial charge in [0.1, 0.15) is 0 Å². The van der Waals surface area contributed by atoms with Crippen LogP contribution in [0.4, 0.5) is 0 Å². The molecule has 2 aromatic rings. The standard InChI is InChI=1S/C14H15NO3S/c1-10-4-6-11(7-5-10)12-9-19-14(18)15(12)8-2-3-13(16)17/h4-7,9H,2-3,8H2,1H3,(H,16,17). The van der Waals surface area contributed by atoms with Crippen LogP contribution in [0.2, 0.25) is 0 Å². The van der Waals surface area contributed by atoms with E-state index in [4.69, 9.17) is 5.11 Å². The third-order valence-corrected chi connectivity index (χ3v) is 3.67. The molecule has 0 aliphatic carbocycles. The molecule has 100 valence electrons. The van der Waals surface area contributed by atoms with Gasteiger partial charge in [0.05, 0.1) is 5.69 Å². The zero-order valence-corrected chi connectivity index (χ0v) is 11.4. The summed E-state index contributed by atoms with van der Waals surface area (Å²) in [5.41, 5.74) is 3.01. The smallest absolute Gasteiger partial charge is 0.307 e. The molecule has 0 bridgehead atoms. The van der Waals surface area contributed by atoms with Crippen molar-refractivity contribution in [3.8, 4) is 11.3 Å². The van der Waals surface area contributed by atoms with Crippen molar-refractivity contribution in [3.63, 3.8) is 0 Å².